The van der Waals surface area contributed by atoms with Crippen molar-refractivity contribution >= 4 is 21.9 Å². The van der Waals surface area contributed by atoms with E-state index in [2.05, 4.69) is 21.2 Å². The molecular weight excluding hydrogens is 318 g/mol. The standard InChI is InChI=1S/C16H22BrNO2/c1-16(2,13-7-9-18-10-8-13)20-15(19)11-12-3-5-14(17)6-4-12/h3-6,13,18H,7-11H2,1-2H3. The molecule has 0 aliphatic carbocycles. The van der Waals surface area contributed by atoms with Gasteiger partial charge < -0.3 is 10.1 Å². The zero-order valence-corrected chi connectivity index (χ0v) is 13.7. The van der Waals surface area contributed by atoms with Crippen molar-refractivity contribution < 1.29 is 9.53 Å². The van der Waals surface area contributed by atoms with Gasteiger partial charge in [-0.2, -0.15) is 0 Å². The Kier molecular flexibility index (Phi) is 5.22. The van der Waals surface area contributed by atoms with Gasteiger partial charge in [0.1, 0.15) is 5.60 Å². The summed E-state index contributed by atoms with van der Waals surface area (Å²) in [6, 6.07) is 7.78. The number of carbonyl (C=O) groups is 1. The van der Waals surface area contributed by atoms with Crippen molar-refractivity contribution in [2.75, 3.05) is 13.1 Å². The van der Waals surface area contributed by atoms with E-state index in [9.17, 15) is 4.79 Å². The summed E-state index contributed by atoms with van der Waals surface area (Å²) in [6.07, 6.45) is 2.47. The quantitative estimate of drug-likeness (QED) is 0.855. The number of piperidine rings is 1. The Hall–Kier alpha value is -0.870. The normalized spacial score (nSPS) is 16.9. The third kappa shape index (κ3) is 4.32. The average Bonchev–Trinajstić information content (AvgIpc) is 2.42. The molecule has 1 aliphatic rings. The summed E-state index contributed by atoms with van der Waals surface area (Å²) in [5, 5.41) is 3.34. The maximum Gasteiger partial charge on any atom is 0.310 e. The van der Waals surface area contributed by atoms with Crippen molar-refractivity contribution in [2.45, 2.75) is 38.7 Å². The second-order valence-electron chi connectivity index (χ2n) is 5.91. The zero-order valence-electron chi connectivity index (χ0n) is 12.1. The van der Waals surface area contributed by atoms with Crippen LogP contribution in [0.3, 0.4) is 0 Å². The van der Waals surface area contributed by atoms with Crippen molar-refractivity contribution in [3.63, 3.8) is 0 Å². The molecule has 0 radical (unpaired) electrons. The topological polar surface area (TPSA) is 38.3 Å². The van der Waals surface area contributed by atoms with Gasteiger partial charge in [0.05, 0.1) is 6.42 Å². The van der Waals surface area contributed by atoms with Crippen molar-refractivity contribution in [1.82, 2.24) is 5.32 Å². The third-order valence-corrected chi connectivity index (χ3v) is 4.49. The van der Waals surface area contributed by atoms with Gasteiger partial charge in [-0.15, -0.1) is 0 Å². The van der Waals surface area contributed by atoms with Crippen LogP contribution in [0.1, 0.15) is 32.3 Å². The van der Waals surface area contributed by atoms with Crippen LogP contribution in [0.5, 0.6) is 0 Å². The molecule has 0 bridgehead atoms. The summed E-state index contributed by atoms with van der Waals surface area (Å²) in [5.41, 5.74) is 0.605. The van der Waals surface area contributed by atoms with E-state index in [4.69, 9.17) is 4.74 Å². The van der Waals surface area contributed by atoms with E-state index in [1.54, 1.807) is 0 Å². The van der Waals surface area contributed by atoms with E-state index in [-0.39, 0.29) is 11.6 Å². The van der Waals surface area contributed by atoms with Crippen molar-refractivity contribution in [3.8, 4) is 0 Å². The first kappa shape index (κ1) is 15.5. The Morgan fingerprint density at radius 3 is 2.50 bits per heavy atom. The first-order chi connectivity index (χ1) is 9.47. The zero-order chi connectivity index (χ0) is 14.6. The molecule has 1 heterocycles. The second kappa shape index (κ2) is 6.72. The van der Waals surface area contributed by atoms with Crippen molar-refractivity contribution in [1.29, 1.82) is 0 Å². The van der Waals surface area contributed by atoms with Crippen LogP contribution in [-0.2, 0) is 16.0 Å². The van der Waals surface area contributed by atoms with Crippen LogP contribution in [0.25, 0.3) is 0 Å². The molecule has 1 aliphatic heterocycles. The van der Waals surface area contributed by atoms with Gasteiger partial charge in [-0.25, -0.2) is 0 Å². The summed E-state index contributed by atoms with van der Waals surface area (Å²) in [6.45, 7) is 6.08. The highest BCUT2D eigenvalue weighted by atomic mass is 79.9. The molecular formula is C16H22BrNO2. The molecule has 1 saturated heterocycles. The summed E-state index contributed by atoms with van der Waals surface area (Å²) < 4.78 is 6.75. The number of benzene rings is 1. The summed E-state index contributed by atoms with van der Waals surface area (Å²) in [7, 11) is 0. The number of hydrogen-bond acceptors (Lipinski definition) is 3. The van der Waals surface area contributed by atoms with Crippen molar-refractivity contribution in [3.05, 3.63) is 34.3 Å². The first-order valence-corrected chi connectivity index (χ1v) is 7.94. The van der Waals surface area contributed by atoms with Gasteiger partial charge in [-0.1, -0.05) is 28.1 Å². The van der Waals surface area contributed by atoms with Gasteiger partial charge >= 0.3 is 5.97 Å². The number of rotatable bonds is 4. The van der Waals surface area contributed by atoms with Crippen LogP contribution < -0.4 is 5.32 Å². The Labute approximate surface area is 129 Å². The maximum absolute atomic E-state index is 12.1. The molecule has 1 fully saturated rings. The number of halogens is 1. The van der Waals surface area contributed by atoms with Crippen LogP contribution in [0.15, 0.2) is 28.7 Å². The van der Waals surface area contributed by atoms with Crippen LogP contribution in [0.2, 0.25) is 0 Å². The molecule has 0 aromatic heterocycles. The van der Waals surface area contributed by atoms with Gasteiger partial charge in [-0.3, -0.25) is 4.79 Å². The Bertz CT molecular complexity index is 450. The number of esters is 1. The molecule has 110 valence electrons. The van der Waals surface area contributed by atoms with E-state index >= 15 is 0 Å². The fourth-order valence-corrected chi connectivity index (χ4v) is 2.96. The summed E-state index contributed by atoms with van der Waals surface area (Å²) in [4.78, 5) is 12.1. The fraction of sp³-hybridized carbons (Fsp3) is 0.562. The molecule has 0 unspecified atom stereocenters. The lowest BCUT2D eigenvalue weighted by molar-refractivity contribution is -0.161. The minimum absolute atomic E-state index is 0.143. The van der Waals surface area contributed by atoms with Crippen LogP contribution in [-0.4, -0.2) is 24.7 Å². The highest BCUT2D eigenvalue weighted by Gasteiger charge is 2.33. The molecule has 1 aromatic rings. The first-order valence-electron chi connectivity index (χ1n) is 7.14. The largest absolute Gasteiger partial charge is 0.459 e. The number of ether oxygens (including phenoxy) is 1. The maximum atomic E-state index is 12.1. The average molecular weight is 340 g/mol. The molecule has 4 heteroatoms. The number of hydrogen-bond donors (Lipinski definition) is 1. The van der Waals surface area contributed by atoms with Crippen molar-refractivity contribution in [2.24, 2.45) is 5.92 Å². The molecule has 1 aromatic carbocycles. The Morgan fingerprint density at radius 1 is 1.30 bits per heavy atom. The van der Waals surface area contributed by atoms with Gasteiger partial charge in [0.15, 0.2) is 0 Å². The number of carbonyl (C=O) groups excluding carboxylic acids is 1. The molecule has 3 nitrogen and oxygen atoms in total. The predicted octanol–water partition coefficient (Wildman–Crippen LogP) is 3.31. The van der Waals surface area contributed by atoms with E-state index in [0.717, 1.165) is 36.0 Å². The molecule has 0 spiro atoms. The van der Waals surface area contributed by atoms with Crippen LogP contribution in [0, 0.1) is 5.92 Å². The van der Waals surface area contributed by atoms with Gasteiger partial charge in [0, 0.05) is 10.4 Å². The lowest BCUT2D eigenvalue weighted by Crippen LogP contribution is -2.43. The fourth-order valence-electron chi connectivity index (χ4n) is 2.70. The van der Waals surface area contributed by atoms with Crippen LogP contribution in [0.4, 0.5) is 0 Å². The minimum Gasteiger partial charge on any atom is -0.459 e. The van der Waals surface area contributed by atoms with Crippen LogP contribution >= 0.6 is 15.9 Å². The van der Waals surface area contributed by atoms with E-state index in [1.165, 1.54) is 0 Å². The number of nitrogens with one attached hydrogen (secondary N) is 1. The monoisotopic (exact) mass is 339 g/mol. The molecule has 20 heavy (non-hydrogen) atoms. The highest BCUT2D eigenvalue weighted by molar-refractivity contribution is 9.10. The smallest absolute Gasteiger partial charge is 0.310 e. The molecule has 0 amide bonds. The summed E-state index contributed by atoms with van der Waals surface area (Å²) >= 11 is 3.39. The molecule has 0 atom stereocenters. The van der Waals surface area contributed by atoms with Gasteiger partial charge in [0.25, 0.3) is 0 Å². The summed E-state index contributed by atoms with van der Waals surface area (Å²) in [5.74, 6) is 0.300. The third-order valence-electron chi connectivity index (χ3n) is 3.96. The van der Waals surface area contributed by atoms with Gasteiger partial charge in [-0.05, 0) is 57.5 Å². The predicted molar refractivity (Wildman–Crippen MR) is 83.6 cm³/mol. The van der Waals surface area contributed by atoms with E-state index < -0.39 is 0 Å². The van der Waals surface area contributed by atoms with Gasteiger partial charge in [0.2, 0.25) is 0 Å². The minimum atomic E-state index is -0.380. The lowest BCUT2D eigenvalue weighted by atomic mass is 9.83. The highest BCUT2D eigenvalue weighted by Crippen LogP contribution is 2.29. The Balaban J connectivity index is 1.90. The molecule has 2 rings (SSSR count). The Morgan fingerprint density at radius 2 is 1.90 bits per heavy atom. The van der Waals surface area contributed by atoms with E-state index in [0.29, 0.717) is 12.3 Å². The van der Waals surface area contributed by atoms with E-state index in [1.807, 2.05) is 38.1 Å². The second-order valence-corrected chi connectivity index (χ2v) is 6.82. The lowest BCUT2D eigenvalue weighted by Gasteiger charge is -2.36. The molecule has 0 saturated carbocycles. The SMILES string of the molecule is CC(C)(OC(=O)Cc1ccc(Br)cc1)C1CCNCC1. The molecule has 1 N–H and O–H groups in total.